The van der Waals surface area contributed by atoms with E-state index in [1.54, 1.807) is 13.0 Å². The Morgan fingerprint density at radius 1 is 1.27 bits per heavy atom. The van der Waals surface area contributed by atoms with Gasteiger partial charge in [-0.2, -0.15) is 0 Å². The lowest BCUT2D eigenvalue weighted by Crippen LogP contribution is -2.27. The third kappa shape index (κ3) is 4.22. The molecule has 3 heteroatoms. The van der Waals surface area contributed by atoms with Gasteiger partial charge in [0.15, 0.2) is 0 Å². The Morgan fingerprint density at radius 3 is 2.53 bits per heavy atom. The summed E-state index contributed by atoms with van der Waals surface area (Å²) in [5.74, 6) is -0.650. The number of hydrogen-bond acceptors (Lipinski definition) is 2. The molecule has 0 aliphatic heterocycles. The topological polar surface area (TPSA) is 46.2 Å². The lowest BCUT2D eigenvalue weighted by atomic mass is 10.2. The molecule has 0 atom stereocenters. The minimum Gasteiger partial charge on any atom is -0.293 e. The minimum atomic E-state index is -0.384. The molecule has 0 spiro atoms. The van der Waals surface area contributed by atoms with E-state index in [1.807, 2.05) is 30.3 Å². The number of rotatable bonds is 3. The Kier molecular flexibility index (Phi) is 4.29. The van der Waals surface area contributed by atoms with Crippen LogP contribution in [0.25, 0.3) is 6.08 Å². The van der Waals surface area contributed by atoms with E-state index < -0.39 is 0 Å². The van der Waals surface area contributed by atoms with Gasteiger partial charge in [0, 0.05) is 12.5 Å². The van der Waals surface area contributed by atoms with Crippen LogP contribution in [0.15, 0.2) is 36.4 Å². The highest BCUT2D eigenvalue weighted by Crippen LogP contribution is 2.00. The van der Waals surface area contributed by atoms with Gasteiger partial charge in [-0.25, -0.2) is 0 Å². The quantitative estimate of drug-likeness (QED) is 0.761. The number of amides is 2. The van der Waals surface area contributed by atoms with Crippen molar-refractivity contribution in [3.63, 3.8) is 0 Å². The number of carbonyl (C=O) groups is 2. The van der Waals surface area contributed by atoms with Crippen molar-refractivity contribution in [2.75, 3.05) is 0 Å². The third-order valence-corrected chi connectivity index (χ3v) is 1.81. The van der Waals surface area contributed by atoms with Gasteiger partial charge in [0.2, 0.25) is 5.91 Å². The van der Waals surface area contributed by atoms with Crippen molar-refractivity contribution in [2.24, 2.45) is 0 Å². The number of imide groups is 1. The summed E-state index contributed by atoms with van der Waals surface area (Å²) < 4.78 is 0. The zero-order valence-corrected chi connectivity index (χ0v) is 8.57. The molecule has 1 N–H and O–H groups in total. The highest BCUT2D eigenvalue weighted by Gasteiger charge is 2.00. The fourth-order valence-electron chi connectivity index (χ4n) is 1.00. The van der Waals surface area contributed by atoms with Crippen LogP contribution in [0.3, 0.4) is 0 Å². The number of carbonyl (C=O) groups excluding carboxylic acids is 2. The van der Waals surface area contributed by atoms with Gasteiger partial charge in [0.1, 0.15) is 0 Å². The highest BCUT2D eigenvalue weighted by atomic mass is 16.2. The van der Waals surface area contributed by atoms with Gasteiger partial charge in [-0.3, -0.25) is 14.9 Å². The zero-order chi connectivity index (χ0) is 11.1. The normalized spacial score (nSPS) is 10.2. The van der Waals surface area contributed by atoms with E-state index in [0.29, 0.717) is 6.42 Å². The van der Waals surface area contributed by atoms with Crippen molar-refractivity contribution >= 4 is 17.9 Å². The summed E-state index contributed by atoms with van der Waals surface area (Å²) in [6, 6.07) is 9.43. The van der Waals surface area contributed by atoms with Crippen molar-refractivity contribution < 1.29 is 9.59 Å². The second-order valence-electron chi connectivity index (χ2n) is 3.01. The largest absolute Gasteiger partial charge is 0.293 e. The highest BCUT2D eigenvalue weighted by molar-refractivity contribution is 6.02. The van der Waals surface area contributed by atoms with Crippen LogP contribution in [0.4, 0.5) is 0 Å². The van der Waals surface area contributed by atoms with Gasteiger partial charge >= 0.3 is 0 Å². The number of hydrogen-bond donors (Lipinski definition) is 1. The minimum absolute atomic E-state index is 0.266. The Bertz CT molecular complexity index is 368. The molecule has 15 heavy (non-hydrogen) atoms. The van der Waals surface area contributed by atoms with E-state index in [2.05, 4.69) is 5.32 Å². The monoisotopic (exact) mass is 203 g/mol. The molecule has 0 fully saturated rings. The number of nitrogens with one attached hydrogen (secondary N) is 1. The lowest BCUT2D eigenvalue weighted by molar-refractivity contribution is -0.127. The van der Waals surface area contributed by atoms with E-state index in [1.165, 1.54) is 6.08 Å². The summed E-state index contributed by atoms with van der Waals surface area (Å²) in [5.41, 5.74) is 0.927. The summed E-state index contributed by atoms with van der Waals surface area (Å²) in [6.07, 6.45) is 3.33. The molecule has 0 saturated heterocycles. The second-order valence-corrected chi connectivity index (χ2v) is 3.01. The average Bonchev–Trinajstić information content (AvgIpc) is 2.27. The maximum absolute atomic E-state index is 11.2. The molecule has 0 heterocycles. The molecule has 0 saturated carbocycles. The summed E-state index contributed by atoms with van der Waals surface area (Å²) in [4.78, 5) is 22.0. The van der Waals surface area contributed by atoms with Gasteiger partial charge in [-0.05, 0) is 11.6 Å². The van der Waals surface area contributed by atoms with E-state index in [4.69, 9.17) is 0 Å². The van der Waals surface area contributed by atoms with Crippen molar-refractivity contribution in [3.8, 4) is 0 Å². The molecular formula is C12H13NO2. The number of benzene rings is 1. The Balaban J connectivity index is 2.52. The first-order valence-electron chi connectivity index (χ1n) is 4.79. The molecule has 0 aliphatic carbocycles. The van der Waals surface area contributed by atoms with Crippen molar-refractivity contribution in [1.82, 2.24) is 5.32 Å². The van der Waals surface area contributed by atoms with Crippen LogP contribution in [0.5, 0.6) is 0 Å². The van der Waals surface area contributed by atoms with E-state index in [9.17, 15) is 9.59 Å². The fraction of sp³-hybridized carbons (Fsp3) is 0.167. The van der Waals surface area contributed by atoms with Crippen LogP contribution >= 0.6 is 0 Å². The first-order valence-corrected chi connectivity index (χ1v) is 4.79. The zero-order valence-electron chi connectivity index (χ0n) is 8.57. The summed E-state index contributed by atoms with van der Waals surface area (Å²) in [6.45, 7) is 1.70. The third-order valence-electron chi connectivity index (χ3n) is 1.81. The fourth-order valence-corrected chi connectivity index (χ4v) is 1.00. The molecule has 1 aromatic carbocycles. The van der Waals surface area contributed by atoms with Gasteiger partial charge in [-0.1, -0.05) is 37.3 Å². The van der Waals surface area contributed by atoms with Crippen LogP contribution in [0.1, 0.15) is 18.9 Å². The lowest BCUT2D eigenvalue weighted by Gasteiger charge is -1.96. The molecule has 0 aliphatic rings. The summed E-state index contributed by atoms with van der Waals surface area (Å²) in [7, 11) is 0. The van der Waals surface area contributed by atoms with Crippen LogP contribution < -0.4 is 5.32 Å². The molecule has 1 rings (SSSR count). The van der Waals surface area contributed by atoms with Gasteiger partial charge in [0.05, 0.1) is 0 Å². The van der Waals surface area contributed by atoms with Crippen LogP contribution in [-0.4, -0.2) is 11.8 Å². The van der Waals surface area contributed by atoms with Gasteiger partial charge in [0.25, 0.3) is 5.91 Å². The van der Waals surface area contributed by atoms with E-state index in [0.717, 1.165) is 5.56 Å². The maximum atomic E-state index is 11.2. The standard InChI is InChI=1S/C12H13NO2/c1-2-11(14)13-12(15)9-8-10-6-4-3-5-7-10/h3-9H,2H2,1H3,(H,13,14,15)/b9-8+. The average molecular weight is 203 g/mol. The van der Waals surface area contributed by atoms with Crippen molar-refractivity contribution in [1.29, 1.82) is 0 Å². The maximum Gasteiger partial charge on any atom is 0.250 e. The first kappa shape index (κ1) is 11.2. The first-order chi connectivity index (χ1) is 7.22. The van der Waals surface area contributed by atoms with Gasteiger partial charge < -0.3 is 0 Å². The SMILES string of the molecule is CCC(=O)NC(=O)/C=C/c1ccccc1. The smallest absolute Gasteiger partial charge is 0.250 e. The Labute approximate surface area is 88.8 Å². The van der Waals surface area contributed by atoms with Crippen LogP contribution in [0, 0.1) is 0 Å². The summed E-state index contributed by atoms with van der Waals surface area (Å²) >= 11 is 0. The predicted molar refractivity (Wildman–Crippen MR) is 58.9 cm³/mol. The molecule has 0 radical (unpaired) electrons. The van der Waals surface area contributed by atoms with E-state index in [-0.39, 0.29) is 11.8 Å². The van der Waals surface area contributed by atoms with E-state index >= 15 is 0 Å². The molecule has 0 bridgehead atoms. The molecule has 3 nitrogen and oxygen atoms in total. The predicted octanol–water partition coefficient (Wildman–Crippen LogP) is 1.75. The second kappa shape index (κ2) is 5.75. The van der Waals surface area contributed by atoms with Crippen molar-refractivity contribution in [2.45, 2.75) is 13.3 Å². The molecule has 0 aromatic heterocycles. The molecule has 2 amide bonds. The Hall–Kier alpha value is -1.90. The summed E-state index contributed by atoms with van der Waals surface area (Å²) in [5, 5.41) is 2.24. The van der Waals surface area contributed by atoms with Gasteiger partial charge in [-0.15, -0.1) is 0 Å². The van der Waals surface area contributed by atoms with Crippen LogP contribution in [-0.2, 0) is 9.59 Å². The van der Waals surface area contributed by atoms with Crippen molar-refractivity contribution in [3.05, 3.63) is 42.0 Å². The molecular weight excluding hydrogens is 190 g/mol. The Morgan fingerprint density at radius 2 is 1.93 bits per heavy atom. The van der Waals surface area contributed by atoms with Crippen LogP contribution in [0.2, 0.25) is 0 Å². The molecule has 0 unspecified atom stereocenters. The molecule has 1 aromatic rings. The molecule has 78 valence electrons.